The van der Waals surface area contributed by atoms with Crippen LogP contribution in [0, 0.1) is 5.92 Å². The normalized spacial score (nSPS) is 11.7. The number of amides is 1. The molecule has 1 unspecified atom stereocenters. The third-order valence-corrected chi connectivity index (χ3v) is 2.69. The van der Waals surface area contributed by atoms with Crippen molar-refractivity contribution >= 4 is 35.0 Å². The molecular weight excluding hydrogens is 264 g/mol. The van der Waals surface area contributed by atoms with Gasteiger partial charge in [-0.3, -0.25) is 14.8 Å². The van der Waals surface area contributed by atoms with Crippen LogP contribution in [0.4, 0.5) is 5.69 Å². The molecule has 0 saturated carbocycles. The van der Waals surface area contributed by atoms with Crippen molar-refractivity contribution in [2.75, 3.05) is 18.9 Å². The lowest BCUT2D eigenvalue weighted by molar-refractivity contribution is -0.119. The van der Waals surface area contributed by atoms with Crippen LogP contribution in [0.25, 0.3) is 11.0 Å². The number of hydrogen-bond donors (Lipinski definition) is 2. The van der Waals surface area contributed by atoms with Crippen molar-refractivity contribution < 1.29 is 4.79 Å². The molecule has 0 aliphatic heterocycles. The molecule has 19 heavy (non-hydrogen) atoms. The largest absolute Gasteiger partial charge is 0.326 e. The van der Waals surface area contributed by atoms with E-state index in [9.17, 15) is 4.79 Å². The van der Waals surface area contributed by atoms with Gasteiger partial charge in [0.15, 0.2) is 0 Å². The van der Waals surface area contributed by atoms with Crippen molar-refractivity contribution in [1.82, 2.24) is 15.3 Å². The fourth-order valence-electron chi connectivity index (χ4n) is 1.71. The Balaban J connectivity index is 0.00000180. The standard InChI is InChI=1S/C13H16N4O.ClH/c1-9(8-14-2)13(18)17-10-3-4-11-12(7-10)16-6-5-15-11;/h3-7,9,14H,8H2,1-2H3,(H,17,18);1H. The third kappa shape index (κ3) is 3.87. The van der Waals surface area contributed by atoms with E-state index in [1.54, 1.807) is 12.4 Å². The van der Waals surface area contributed by atoms with E-state index in [2.05, 4.69) is 20.6 Å². The molecule has 0 aliphatic carbocycles. The molecule has 0 saturated heterocycles. The summed E-state index contributed by atoms with van der Waals surface area (Å²) in [4.78, 5) is 20.2. The van der Waals surface area contributed by atoms with Gasteiger partial charge in [0.1, 0.15) is 0 Å². The lowest BCUT2D eigenvalue weighted by Gasteiger charge is -2.11. The van der Waals surface area contributed by atoms with Crippen LogP contribution >= 0.6 is 12.4 Å². The summed E-state index contributed by atoms with van der Waals surface area (Å²) in [6, 6.07) is 5.51. The lowest BCUT2D eigenvalue weighted by atomic mass is 10.1. The summed E-state index contributed by atoms with van der Waals surface area (Å²) in [5.41, 5.74) is 2.34. The average Bonchev–Trinajstić information content (AvgIpc) is 2.39. The number of aromatic nitrogens is 2. The Morgan fingerprint density at radius 3 is 2.63 bits per heavy atom. The number of halogens is 1. The molecule has 2 N–H and O–H groups in total. The van der Waals surface area contributed by atoms with Gasteiger partial charge in [-0.15, -0.1) is 12.4 Å². The molecule has 1 heterocycles. The number of nitrogens with one attached hydrogen (secondary N) is 2. The van der Waals surface area contributed by atoms with Crippen molar-refractivity contribution in [2.45, 2.75) is 6.92 Å². The van der Waals surface area contributed by atoms with Crippen LogP contribution in [-0.2, 0) is 4.79 Å². The molecule has 1 aromatic carbocycles. The van der Waals surface area contributed by atoms with Gasteiger partial charge in [0.25, 0.3) is 0 Å². The molecule has 2 aromatic rings. The maximum Gasteiger partial charge on any atom is 0.228 e. The molecule has 0 fully saturated rings. The van der Waals surface area contributed by atoms with Gasteiger partial charge in [0, 0.05) is 30.5 Å². The summed E-state index contributed by atoms with van der Waals surface area (Å²) < 4.78 is 0. The first-order valence-electron chi connectivity index (χ1n) is 5.87. The Morgan fingerprint density at radius 1 is 1.26 bits per heavy atom. The van der Waals surface area contributed by atoms with Gasteiger partial charge < -0.3 is 10.6 Å². The zero-order valence-corrected chi connectivity index (χ0v) is 11.7. The van der Waals surface area contributed by atoms with E-state index < -0.39 is 0 Å². The first-order valence-corrected chi connectivity index (χ1v) is 5.87. The Kier molecular flexibility index (Phi) is 5.66. The van der Waals surface area contributed by atoms with Crippen LogP contribution < -0.4 is 10.6 Å². The Bertz CT molecular complexity index is 561. The van der Waals surface area contributed by atoms with Gasteiger partial charge in [-0.1, -0.05) is 6.92 Å². The summed E-state index contributed by atoms with van der Waals surface area (Å²) in [5.74, 6) is -0.0832. The number of benzene rings is 1. The fourth-order valence-corrected chi connectivity index (χ4v) is 1.71. The summed E-state index contributed by atoms with van der Waals surface area (Å²) in [6.45, 7) is 2.53. The molecule has 1 amide bonds. The molecule has 2 rings (SSSR count). The molecule has 102 valence electrons. The molecular formula is C13H17ClN4O. The molecule has 1 atom stereocenters. The van der Waals surface area contributed by atoms with E-state index in [1.165, 1.54) is 0 Å². The van der Waals surface area contributed by atoms with Crippen molar-refractivity contribution in [3.63, 3.8) is 0 Å². The summed E-state index contributed by atoms with van der Waals surface area (Å²) in [5, 5.41) is 5.85. The Labute approximate surface area is 118 Å². The van der Waals surface area contributed by atoms with Gasteiger partial charge in [-0.05, 0) is 25.2 Å². The maximum atomic E-state index is 11.9. The highest BCUT2D eigenvalue weighted by Gasteiger charge is 2.12. The fraction of sp³-hybridized carbons (Fsp3) is 0.308. The molecule has 0 aliphatic rings. The number of rotatable bonds is 4. The third-order valence-electron chi connectivity index (χ3n) is 2.69. The van der Waals surface area contributed by atoms with Crippen molar-refractivity contribution in [3.8, 4) is 0 Å². The van der Waals surface area contributed by atoms with Gasteiger partial charge >= 0.3 is 0 Å². The first kappa shape index (κ1) is 15.3. The highest BCUT2D eigenvalue weighted by Crippen LogP contribution is 2.15. The Morgan fingerprint density at radius 2 is 1.95 bits per heavy atom. The van der Waals surface area contributed by atoms with Gasteiger partial charge in [0.05, 0.1) is 11.0 Å². The first-order chi connectivity index (χ1) is 8.70. The topological polar surface area (TPSA) is 66.9 Å². The smallest absolute Gasteiger partial charge is 0.228 e. The van der Waals surface area contributed by atoms with E-state index in [1.807, 2.05) is 32.2 Å². The number of fused-ring (bicyclic) bond motifs is 1. The number of carbonyl (C=O) groups excluding carboxylic acids is 1. The minimum absolute atomic E-state index is 0. The lowest BCUT2D eigenvalue weighted by Crippen LogP contribution is -2.28. The number of nitrogens with zero attached hydrogens (tertiary/aromatic N) is 2. The number of carbonyl (C=O) groups is 1. The highest BCUT2D eigenvalue weighted by molar-refractivity contribution is 5.94. The molecule has 6 heteroatoms. The summed E-state index contributed by atoms with van der Waals surface area (Å²) in [7, 11) is 1.83. The van der Waals surface area contributed by atoms with Crippen LogP contribution in [-0.4, -0.2) is 29.5 Å². The van der Waals surface area contributed by atoms with Crippen LogP contribution in [0.1, 0.15) is 6.92 Å². The molecule has 5 nitrogen and oxygen atoms in total. The minimum Gasteiger partial charge on any atom is -0.326 e. The quantitative estimate of drug-likeness (QED) is 0.897. The van der Waals surface area contributed by atoms with E-state index in [4.69, 9.17) is 0 Å². The van der Waals surface area contributed by atoms with Gasteiger partial charge in [-0.2, -0.15) is 0 Å². The van der Waals surface area contributed by atoms with Crippen LogP contribution in [0.2, 0.25) is 0 Å². The van der Waals surface area contributed by atoms with E-state index in [0.29, 0.717) is 6.54 Å². The zero-order chi connectivity index (χ0) is 13.0. The molecule has 0 spiro atoms. The van der Waals surface area contributed by atoms with E-state index in [-0.39, 0.29) is 24.2 Å². The van der Waals surface area contributed by atoms with Crippen LogP contribution in [0.15, 0.2) is 30.6 Å². The SMILES string of the molecule is CNCC(C)C(=O)Nc1ccc2nccnc2c1.Cl. The number of hydrogen-bond acceptors (Lipinski definition) is 4. The van der Waals surface area contributed by atoms with Crippen molar-refractivity contribution in [1.29, 1.82) is 0 Å². The number of anilines is 1. The second-order valence-corrected chi connectivity index (χ2v) is 4.21. The van der Waals surface area contributed by atoms with Crippen molar-refractivity contribution in [2.24, 2.45) is 5.92 Å². The van der Waals surface area contributed by atoms with Crippen LogP contribution in [0.3, 0.4) is 0 Å². The Hall–Kier alpha value is -1.72. The zero-order valence-electron chi connectivity index (χ0n) is 10.9. The maximum absolute atomic E-state index is 11.9. The minimum atomic E-state index is -0.0763. The second kappa shape index (κ2) is 7.01. The molecule has 1 aromatic heterocycles. The van der Waals surface area contributed by atoms with Gasteiger partial charge in [0.2, 0.25) is 5.91 Å². The summed E-state index contributed by atoms with van der Waals surface area (Å²) in [6.07, 6.45) is 3.28. The predicted molar refractivity (Wildman–Crippen MR) is 78.5 cm³/mol. The van der Waals surface area contributed by atoms with E-state index in [0.717, 1.165) is 16.7 Å². The van der Waals surface area contributed by atoms with E-state index >= 15 is 0 Å². The van der Waals surface area contributed by atoms with Crippen LogP contribution in [0.5, 0.6) is 0 Å². The molecule has 0 radical (unpaired) electrons. The predicted octanol–water partition coefficient (Wildman–Crippen LogP) is 1.85. The molecule has 0 bridgehead atoms. The summed E-state index contributed by atoms with van der Waals surface area (Å²) >= 11 is 0. The second-order valence-electron chi connectivity index (χ2n) is 4.21. The highest BCUT2D eigenvalue weighted by atomic mass is 35.5. The van der Waals surface area contributed by atoms with Gasteiger partial charge in [-0.25, -0.2) is 0 Å². The monoisotopic (exact) mass is 280 g/mol. The average molecular weight is 281 g/mol. The van der Waals surface area contributed by atoms with Crippen molar-refractivity contribution in [3.05, 3.63) is 30.6 Å².